The van der Waals surface area contributed by atoms with Crippen molar-refractivity contribution in [1.82, 2.24) is 14.9 Å². The van der Waals surface area contributed by atoms with Gasteiger partial charge in [0.05, 0.1) is 19.6 Å². The van der Waals surface area contributed by atoms with Gasteiger partial charge in [0.25, 0.3) is 0 Å². The zero-order valence-corrected chi connectivity index (χ0v) is 14.3. The second-order valence-corrected chi connectivity index (χ2v) is 6.56. The van der Waals surface area contributed by atoms with E-state index in [-0.39, 0.29) is 6.42 Å². The second-order valence-electron chi connectivity index (χ2n) is 6.56. The van der Waals surface area contributed by atoms with Crippen molar-refractivity contribution in [2.45, 2.75) is 32.1 Å². The van der Waals surface area contributed by atoms with E-state index < -0.39 is 5.97 Å². The van der Waals surface area contributed by atoms with Gasteiger partial charge in [0.2, 0.25) is 0 Å². The molecule has 132 valence electrons. The molecule has 0 unspecified atom stereocenters. The Hall–Kier alpha value is -1.73. The van der Waals surface area contributed by atoms with Crippen LogP contribution in [0.5, 0.6) is 0 Å². The summed E-state index contributed by atoms with van der Waals surface area (Å²) < 4.78 is 5.42. The molecular formula is C17H26N4O3. The SMILES string of the molecule is Cc1nc(C2CCN(CCC(=O)O)CC2)cc(N2CCOCC2)n1. The van der Waals surface area contributed by atoms with Crippen molar-refractivity contribution in [1.29, 1.82) is 0 Å². The summed E-state index contributed by atoms with van der Waals surface area (Å²) in [6.45, 7) is 7.73. The third-order valence-corrected chi connectivity index (χ3v) is 4.83. The summed E-state index contributed by atoms with van der Waals surface area (Å²) in [5.41, 5.74) is 1.13. The van der Waals surface area contributed by atoms with E-state index in [2.05, 4.69) is 25.8 Å². The molecule has 7 nitrogen and oxygen atoms in total. The lowest BCUT2D eigenvalue weighted by Gasteiger charge is -2.32. The average molecular weight is 334 g/mol. The lowest BCUT2D eigenvalue weighted by molar-refractivity contribution is -0.137. The topological polar surface area (TPSA) is 78.8 Å². The molecule has 0 atom stereocenters. The molecule has 0 saturated carbocycles. The molecule has 1 aromatic rings. The standard InChI is InChI=1S/C17H26N4O3/c1-13-18-15(12-16(19-13)21-8-10-24-11-9-21)14-2-5-20(6-3-14)7-4-17(22)23/h12,14H,2-11H2,1H3,(H,22,23). The fourth-order valence-electron chi connectivity index (χ4n) is 3.44. The number of aliphatic carboxylic acids is 1. The fourth-order valence-corrected chi connectivity index (χ4v) is 3.44. The van der Waals surface area contributed by atoms with Gasteiger partial charge in [0.1, 0.15) is 11.6 Å². The molecule has 3 heterocycles. The Morgan fingerprint density at radius 3 is 2.62 bits per heavy atom. The molecule has 0 spiro atoms. The first-order valence-corrected chi connectivity index (χ1v) is 8.74. The molecule has 7 heteroatoms. The number of aromatic nitrogens is 2. The molecule has 1 aromatic heterocycles. The first kappa shape index (κ1) is 17.1. The summed E-state index contributed by atoms with van der Waals surface area (Å²) in [6.07, 6.45) is 2.27. The van der Waals surface area contributed by atoms with E-state index in [1.165, 1.54) is 0 Å². The molecule has 0 bridgehead atoms. The fraction of sp³-hybridized carbons (Fsp3) is 0.706. The summed E-state index contributed by atoms with van der Waals surface area (Å²) >= 11 is 0. The lowest BCUT2D eigenvalue weighted by atomic mass is 9.93. The Morgan fingerprint density at radius 2 is 1.96 bits per heavy atom. The van der Waals surface area contributed by atoms with E-state index in [9.17, 15) is 4.79 Å². The van der Waals surface area contributed by atoms with Gasteiger partial charge in [-0.25, -0.2) is 9.97 Å². The van der Waals surface area contributed by atoms with E-state index in [4.69, 9.17) is 9.84 Å². The van der Waals surface area contributed by atoms with Gasteiger partial charge in [0, 0.05) is 37.3 Å². The van der Waals surface area contributed by atoms with E-state index >= 15 is 0 Å². The molecule has 2 saturated heterocycles. The number of hydrogen-bond donors (Lipinski definition) is 1. The van der Waals surface area contributed by atoms with Gasteiger partial charge >= 0.3 is 5.97 Å². The molecule has 0 amide bonds. The van der Waals surface area contributed by atoms with Crippen LogP contribution >= 0.6 is 0 Å². The monoisotopic (exact) mass is 334 g/mol. The minimum atomic E-state index is -0.723. The summed E-state index contributed by atoms with van der Waals surface area (Å²) in [4.78, 5) is 24.5. The van der Waals surface area contributed by atoms with Gasteiger partial charge in [-0.1, -0.05) is 0 Å². The van der Waals surface area contributed by atoms with Crippen molar-refractivity contribution in [3.05, 3.63) is 17.6 Å². The molecule has 1 N–H and O–H groups in total. The lowest BCUT2D eigenvalue weighted by Crippen LogP contribution is -2.37. The number of anilines is 1. The van der Waals surface area contributed by atoms with E-state index in [1.807, 2.05) is 6.92 Å². The zero-order valence-electron chi connectivity index (χ0n) is 14.3. The Labute approximate surface area is 142 Å². The molecule has 0 radical (unpaired) electrons. The normalized spacial score (nSPS) is 20.3. The van der Waals surface area contributed by atoms with Crippen molar-refractivity contribution >= 4 is 11.8 Å². The summed E-state index contributed by atoms with van der Waals surface area (Å²) in [5, 5.41) is 8.80. The third-order valence-electron chi connectivity index (χ3n) is 4.83. The molecule has 2 aliphatic rings. The number of nitrogens with zero attached hydrogens (tertiary/aromatic N) is 4. The van der Waals surface area contributed by atoms with Crippen molar-refractivity contribution < 1.29 is 14.6 Å². The quantitative estimate of drug-likeness (QED) is 0.869. The maximum atomic E-state index is 10.7. The largest absolute Gasteiger partial charge is 0.481 e. The van der Waals surface area contributed by atoms with Crippen molar-refractivity contribution in [3.63, 3.8) is 0 Å². The average Bonchev–Trinajstić information content (AvgIpc) is 2.60. The van der Waals surface area contributed by atoms with Gasteiger partial charge in [-0.05, 0) is 32.9 Å². The number of morpholine rings is 1. The van der Waals surface area contributed by atoms with Crippen LogP contribution in [0.3, 0.4) is 0 Å². The van der Waals surface area contributed by atoms with E-state index in [1.54, 1.807) is 0 Å². The number of likely N-dealkylation sites (tertiary alicyclic amines) is 1. The van der Waals surface area contributed by atoms with Crippen molar-refractivity contribution in [3.8, 4) is 0 Å². The van der Waals surface area contributed by atoms with Crippen LogP contribution in [0, 0.1) is 6.92 Å². The zero-order chi connectivity index (χ0) is 16.9. The van der Waals surface area contributed by atoms with Gasteiger partial charge in [-0.3, -0.25) is 4.79 Å². The highest BCUT2D eigenvalue weighted by atomic mass is 16.5. The number of carboxylic acids is 1. The van der Waals surface area contributed by atoms with E-state index in [0.29, 0.717) is 12.5 Å². The number of carbonyl (C=O) groups is 1. The minimum absolute atomic E-state index is 0.221. The third kappa shape index (κ3) is 4.42. The molecule has 0 aromatic carbocycles. The maximum absolute atomic E-state index is 10.7. The van der Waals surface area contributed by atoms with Crippen LogP contribution < -0.4 is 4.90 Å². The maximum Gasteiger partial charge on any atom is 0.304 e. The second kappa shape index (κ2) is 7.90. The predicted molar refractivity (Wildman–Crippen MR) is 90.5 cm³/mol. The molecule has 3 rings (SSSR count). The highest BCUT2D eigenvalue weighted by molar-refractivity contribution is 5.66. The van der Waals surface area contributed by atoms with Crippen molar-refractivity contribution in [2.24, 2.45) is 0 Å². The molecule has 2 aliphatic heterocycles. The number of ether oxygens (including phenoxy) is 1. The summed E-state index contributed by atoms with van der Waals surface area (Å²) in [6, 6.07) is 2.13. The Kier molecular flexibility index (Phi) is 5.63. The van der Waals surface area contributed by atoms with Crippen LogP contribution in [0.15, 0.2) is 6.07 Å². The molecule has 24 heavy (non-hydrogen) atoms. The van der Waals surface area contributed by atoms with E-state index in [0.717, 1.165) is 69.6 Å². The Balaban J connectivity index is 1.62. The number of rotatable bonds is 5. The smallest absolute Gasteiger partial charge is 0.304 e. The minimum Gasteiger partial charge on any atom is -0.481 e. The number of piperidine rings is 1. The van der Waals surface area contributed by atoms with Crippen LogP contribution in [0.1, 0.15) is 36.7 Å². The summed E-state index contributed by atoms with van der Waals surface area (Å²) in [5.74, 6) is 1.54. The Bertz CT molecular complexity index is 567. The number of hydrogen-bond acceptors (Lipinski definition) is 6. The van der Waals surface area contributed by atoms with Crippen LogP contribution in [0.25, 0.3) is 0 Å². The number of aryl methyl sites for hydroxylation is 1. The number of carboxylic acid groups (broad SMARTS) is 1. The highest BCUT2D eigenvalue weighted by Crippen LogP contribution is 2.29. The van der Waals surface area contributed by atoms with Crippen LogP contribution in [0.2, 0.25) is 0 Å². The summed E-state index contributed by atoms with van der Waals surface area (Å²) in [7, 11) is 0. The first-order chi connectivity index (χ1) is 11.6. The van der Waals surface area contributed by atoms with Crippen molar-refractivity contribution in [2.75, 3.05) is 50.8 Å². The van der Waals surface area contributed by atoms with Gasteiger partial charge in [-0.15, -0.1) is 0 Å². The predicted octanol–water partition coefficient (Wildman–Crippen LogP) is 1.28. The van der Waals surface area contributed by atoms with Crippen LogP contribution in [-0.4, -0.2) is 71.9 Å². The van der Waals surface area contributed by atoms with Crippen LogP contribution in [0.4, 0.5) is 5.82 Å². The Morgan fingerprint density at radius 1 is 1.25 bits per heavy atom. The first-order valence-electron chi connectivity index (χ1n) is 8.74. The van der Waals surface area contributed by atoms with Gasteiger partial charge < -0.3 is 19.6 Å². The molecule has 2 fully saturated rings. The van der Waals surface area contributed by atoms with Gasteiger partial charge in [0.15, 0.2) is 0 Å². The highest BCUT2D eigenvalue weighted by Gasteiger charge is 2.23. The molecule has 0 aliphatic carbocycles. The molecular weight excluding hydrogens is 308 g/mol. The van der Waals surface area contributed by atoms with Gasteiger partial charge in [-0.2, -0.15) is 0 Å². The van der Waals surface area contributed by atoms with Crippen LogP contribution in [-0.2, 0) is 9.53 Å².